The summed E-state index contributed by atoms with van der Waals surface area (Å²) in [7, 11) is -3.95. The summed E-state index contributed by atoms with van der Waals surface area (Å²) in [4.78, 5) is 46.3. The second kappa shape index (κ2) is 11.3. The molecule has 10 nitrogen and oxygen atoms in total. The number of carbonyl (C=O) groups is 2. The van der Waals surface area contributed by atoms with Gasteiger partial charge in [-0.1, -0.05) is 12.1 Å². The summed E-state index contributed by atoms with van der Waals surface area (Å²) in [5.74, 6) is -3.37. The number of aryl methyl sites for hydroxylation is 1. The van der Waals surface area contributed by atoms with E-state index in [1.165, 1.54) is 42.1 Å². The fraction of sp³-hybridized carbons (Fsp3) is 0.385. The average Bonchev–Trinajstić information content (AvgIpc) is 2.92. The highest BCUT2D eigenvalue weighted by molar-refractivity contribution is 7.92. The Morgan fingerprint density at radius 2 is 2.03 bits per heavy atom. The molecule has 1 fully saturated rings. The minimum Gasteiger partial charge on any atom is -0.350 e. The van der Waals surface area contributed by atoms with Crippen LogP contribution in [0.15, 0.2) is 41.5 Å². The molecule has 0 saturated carbocycles. The van der Waals surface area contributed by atoms with Crippen LogP contribution in [0.5, 0.6) is 0 Å². The van der Waals surface area contributed by atoms with Crippen LogP contribution < -0.4 is 11.0 Å². The number of aldehydes is 1. The number of carbonyl (C=O) groups excluding carboxylic acids is 2. The number of nitrogens with zero attached hydrogens (tertiary/aromatic N) is 2. The molecule has 1 unspecified atom stereocenters. The summed E-state index contributed by atoms with van der Waals surface area (Å²) in [5, 5.41) is 0.148. The van der Waals surface area contributed by atoms with Crippen molar-refractivity contribution in [3.8, 4) is 11.1 Å². The van der Waals surface area contributed by atoms with Crippen LogP contribution in [0.4, 0.5) is 8.78 Å². The molecule has 2 heterocycles. The molecule has 1 amide bonds. The number of aromatic nitrogens is 2. The summed E-state index contributed by atoms with van der Waals surface area (Å²) in [6.07, 6.45) is 3.67. The van der Waals surface area contributed by atoms with Gasteiger partial charge in [0.2, 0.25) is 0 Å². The van der Waals surface area contributed by atoms with E-state index in [-0.39, 0.29) is 41.3 Å². The minimum atomic E-state index is -3.95. The first-order valence-electron chi connectivity index (χ1n) is 12.2. The van der Waals surface area contributed by atoms with Crippen LogP contribution in [-0.4, -0.2) is 54.1 Å². The third-order valence-electron chi connectivity index (χ3n) is 6.92. The lowest BCUT2D eigenvalue weighted by atomic mass is 10.0. The summed E-state index contributed by atoms with van der Waals surface area (Å²) in [5.41, 5.74) is 1.59. The van der Waals surface area contributed by atoms with Crippen molar-refractivity contribution in [2.24, 2.45) is 0 Å². The van der Waals surface area contributed by atoms with Gasteiger partial charge in [0.25, 0.3) is 11.5 Å². The molecule has 2 aromatic carbocycles. The molecule has 1 N–H and O–H groups in total. The zero-order chi connectivity index (χ0) is 28.4. The van der Waals surface area contributed by atoms with E-state index in [4.69, 9.17) is 9.57 Å². The van der Waals surface area contributed by atoms with E-state index in [0.717, 1.165) is 25.2 Å². The fourth-order valence-electron chi connectivity index (χ4n) is 4.20. The van der Waals surface area contributed by atoms with Crippen LogP contribution in [0, 0.1) is 11.6 Å². The second-order valence-corrected chi connectivity index (χ2v) is 12.0. The van der Waals surface area contributed by atoms with Gasteiger partial charge in [-0.2, -0.15) is 0 Å². The number of benzene rings is 2. The number of fused-ring (bicyclic) bond motifs is 1. The Bertz CT molecular complexity index is 1590. The molecular weight excluding hydrogens is 536 g/mol. The van der Waals surface area contributed by atoms with Gasteiger partial charge in [0.15, 0.2) is 38.8 Å². The molecule has 4 rings (SSSR count). The number of hydrogen-bond acceptors (Lipinski definition) is 8. The van der Waals surface area contributed by atoms with Gasteiger partial charge < -0.3 is 4.74 Å². The zero-order valence-electron chi connectivity index (χ0n) is 21.3. The van der Waals surface area contributed by atoms with Crippen LogP contribution in [0.25, 0.3) is 22.0 Å². The van der Waals surface area contributed by atoms with E-state index < -0.39 is 49.5 Å². The molecule has 0 aliphatic carbocycles. The molecule has 13 heteroatoms. The lowest BCUT2D eigenvalue weighted by Crippen LogP contribution is -2.51. The summed E-state index contributed by atoms with van der Waals surface area (Å²) in [6.45, 7) is 1.56. The Labute approximate surface area is 222 Å². The van der Waals surface area contributed by atoms with E-state index in [2.05, 4.69) is 10.5 Å². The Morgan fingerprint density at radius 3 is 2.69 bits per heavy atom. The Balaban J connectivity index is 1.56. The smallest absolute Gasteiger partial charge is 0.264 e. The van der Waals surface area contributed by atoms with E-state index in [9.17, 15) is 31.6 Å². The molecule has 1 aliphatic heterocycles. The third kappa shape index (κ3) is 5.75. The monoisotopic (exact) mass is 563 g/mol. The van der Waals surface area contributed by atoms with Crippen molar-refractivity contribution >= 4 is 32.9 Å². The number of nitrogens with one attached hydrogen (secondary N) is 1. The fourth-order valence-corrected chi connectivity index (χ4v) is 5.04. The van der Waals surface area contributed by atoms with Crippen LogP contribution in [0.2, 0.25) is 0 Å². The lowest BCUT2D eigenvalue weighted by Gasteiger charge is -2.28. The normalized spacial score (nSPS) is 17.5. The van der Waals surface area contributed by atoms with Crippen LogP contribution in [0.1, 0.15) is 43.0 Å². The second-order valence-electron chi connectivity index (χ2n) is 9.52. The highest BCUT2D eigenvalue weighted by atomic mass is 32.2. The van der Waals surface area contributed by atoms with E-state index in [1.54, 1.807) is 0 Å². The van der Waals surface area contributed by atoms with Crippen LogP contribution >= 0.6 is 0 Å². The standard InChI is InChI=1S/C26H27F2N3O7S/c1-26(39(2,35)36,25(34)30-38-21-5-3-4-12-37-21)10-11-31-15-29-20-13-16(6-9-19(20)24(31)33)18-8-7-17(14-32)22(27)23(18)28/h6-9,13-15,21H,3-5,10-12H2,1-2H3,(H,30,34)/t21?,26-/m1/s1. The first kappa shape index (κ1) is 28.5. The highest BCUT2D eigenvalue weighted by Gasteiger charge is 2.44. The van der Waals surface area contributed by atoms with Gasteiger partial charge in [0.1, 0.15) is 0 Å². The molecule has 1 aliphatic rings. The quantitative estimate of drug-likeness (QED) is 0.310. The first-order chi connectivity index (χ1) is 18.5. The Kier molecular flexibility index (Phi) is 8.23. The largest absolute Gasteiger partial charge is 0.350 e. The molecule has 0 bridgehead atoms. The average molecular weight is 564 g/mol. The summed E-state index contributed by atoms with van der Waals surface area (Å²) < 4.78 is 58.4. The Morgan fingerprint density at radius 1 is 1.26 bits per heavy atom. The lowest BCUT2D eigenvalue weighted by molar-refractivity contribution is -0.201. The van der Waals surface area contributed by atoms with Gasteiger partial charge in [-0.15, -0.1) is 0 Å². The molecule has 3 aromatic rings. The van der Waals surface area contributed by atoms with Gasteiger partial charge in [-0.05, 0) is 49.9 Å². The molecule has 1 aromatic heterocycles. The summed E-state index contributed by atoms with van der Waals surface area (Å²) >= 11 is 0. The van der Waals surface area contributed by atoms with Gasteiger partial charge >= 0.3 is 0 Å². The number of amides is 1. The van der Waals surface area contributed by atoms with Crippen molar-refractivity contribution in [1.82, 2.24) is 15.0 Å². The minimum absolute atomic E-state index is 0.109. The number of ether oxygens (including phenoxy) is 1. The van der Waals surface area contributed by atoms with Crippen molar-refractivity contribution in [2.45, 2.75) is 50.2 Å². The van der Waals surface area contributed by atoms with Gasteiger partial charge in [0, 0.05) is 31.4 Å². The predicted octanol–water partition coefficient (Wildman–Crippen LogP) is 2.92. The maximum absolute atomic E-state index is 14.5. The predicted molar refractivity (Wildman–Crippen MR) is 137 cm³/mol. The topological polar surface area (TPSA) is 134 Å². The molecule has 0 spiro atoms. The van der Waals surface area contributed by atoms with Crippen LogP contribution in [0.3, 0.4) is 0 Å². The Hall–Kier alpha value is -3.55. The van der Waals surface area contributed by atoms with Crippen molar-refractivity contribution in [3.63, 3.8) is 0 Å². The number of halogens is 2. The maximum atomic E-state index is 14.5. The van der Waals surface area contributed by atoms with E-state index in [1.807, 2.05) is 0 Å². The zero-order valence-corrected chi connectivity index (χ0v) is 22.1. The highest BCUT2D eigenvalue weighted by Crippen LogP contribution is 2.28. The first-order valence-corrected chi connectivity index (χ1v) is 14.1. The number of rotatable bonds is 9. The molecule has 1 saturated heterocycles. The van der Waals surface area contributed by atoms with Crippen molar-refractivity contribution < 1.29 is 36.4 Å². The van der Waals surface area contributed by atoms with Crippen molar-refractivity contribution in [3.05, 3.63) is 64.2 Å². The van der Waals surface area contributed by atoms with Crippen molar-refractivity contribution in [2.75, 3.05) is 12.9 Å². The van der Waals surface area contributed by atoms with Crippen molar-refractivity contribution in [1.29, 1.82) is 0 Å². The van der Waals surface area contributed by atoms with Gasteiger partial charge in [0.05, 0.1) is 22.8 Å². The molecule has 39 heavy (non-hydrogen) atoms. The number of hydroxylamine groups is 1. The maximum Gasteiger partial charge on any atom is 0.264 e. The molecule has 0 radical (unpaired) electrons. The van der Waals surface area contributed by atoms with E-state index in [0.29, 0.717) is 13.0 Å². The van der Waals surface area contributed by atoms with Crippen LogP contribution in [-0.2, 0) is 30.8 Å². The van der Waals surface area contributed by atoms with Gasteiger partial charge in [-0.3, -0.25) is 19.0 Å². The number of hydrogen-bond donors (Lipinski definition) is 1. The third-order valence-corrected chi connectivity index (χ3v) is 8.95. The molecule has 2 atom stereocenters. The molecular formula is C26H27F2N3O7S. The molecule has 208 valence electrons. The van der Waals surface area contributed by atoms with E-state index >= 15 is 0 Å². The number of sulfone groups is 1. The van der Waals surface area contributed by atoms with Gasteiger partial charge in [-0.25, -0.2) is 32.5 Å². The summed E-state index contributed by atoms with van der Waals surface area (Å²) in [6, 6.07) is 6.61. The SMILES string of the molecule is C[C@@](CCn1cnc2cc(-c3ccc(C=O)c(F)c3F)ccc2c1=O)(C(=O)NOC1CCCCO1)S(C)(=O)=O.